The van der Waals surface area contributed by atoms with Crippen LogP contribution in [0.25, 0.3) is 11.3 Å². The van der Waals surface area contributed by atoms with Crippen LogP contribution in [0.4, 0.5) is 0 Å². The molecule has 15 heavy (non-hydrogen) atoms. The Morgan fingerprint density at radius 1 is 1.27 bits per heavy atom. The maximum Gasteiger partial charge on any atom is 0.234 e. The van der Waals surface area contributed by atoms with Gasteiger partial charge >= 0.3 is 0 Å². The molecular weight excluding hydrogens is 192 g/mol. The Labute approximate surface area is 87.1 Å². The van der Waals surface area contributed by atoms with Crippen molar-refractivity contribution < 1.29 is 9.53 Å². The second-order valence-electron chi connectivity index (χ2n) is 3.01. The molecule has 1 heterocycles. The number of benzene rings is 1. The first kappa shape index (κ1) is 9.45. The monoisotopic (exact) mass is 202 g/mol. The van der Waals surface area contributed by atoms with Crippen LogP contribution in [0.3, 0.4) is 0 Å². The molecule has 0 saturated heterocycles. The van der Waals surface area contributed by atoms with Crippen LogP contribution in [0.5, 0.6) is 5.75 Å². The predicted octanol–water partition coefficient (Wildman–Crippen LogP) is 1.60. The van der Waals surface area contributed by atoms with E-state index in [0.717, 1.165) is 17.0 Å². The molecule has 0 aliphatic heterocycles. The van der Waals surface area contributed by atoms with Crippen molar-refractivity contribution in [3.8, 4) is 17.0 Å². The zero-order valence-electron chi connectivity index (χ0n) is 8.25. The molecule has 0 N–H and O–H groups in total. The topological polar surface area (TPSA) is 44.1 Å². The summed E-state index contributed by atoms with van der Waals surface area (Å²) >= 11 is 0. The molecule has 0 spiro atoms. The summed E-state index contributed by atoms with van der Waals surface area (Å²) in [5.74, 6) is 0.800. The molecule has 76 valence electrons. The summed E-state index contributed by atoms with van der Waals surface area (Å²) in [6.07, 6.45) is 2.28. The SMILES string of the molecule is COc1ccc(-c2ccn(C=O)n2)cc1. The fourth-order valence-electron chi connectivity index (χ4n) is 1.31. The lowest BCUT2D eigenvalue weighted by atomic mass is 10.1. The van der Waals surface area contributed by atoms with Crippen LogP contribution in [-0.2, 0) is 4.79 Å². The Hall–Kier alpha value is -2.10. The number of methoxy groups -OCH3 is 1. The van der Waals surface area contributed by atoms with Gasteiger partial charge in [-0.3, -0.25) is 4.79 Å². The molecular formula is C11H10N2O2. The maximum absolute atomic E-state index is 10.4. The summed E-state index contributed by atoms with van der Waals surface area (Å²) in [5.41, 5.74) is 1.72. The van der Waals surface area contributed by atoms with Gasteiger partial charge in [-0.1, -0.05) is 0 Å². The standard InChI is InChI=1S/C11H10N2O2/c1-15-10-4-2-9(3-5-10)11-6-7-13(8-14)12-11/h2-8H,1H3. The third-order valence-corrected chi connectivity index (χ3v) is 2.10. The summed E-state index contributed by atoms with van der Waals surface area (Å²) in [7, 11) is 1.62. The van der Waals surface area contributed by atoms with E-state index in [1.165, 1.54) is 4.68 Å². The number of hydrogen-bond donors (Lipinski definition) is 0. The lowest BCUT2D eigenvalue weighted by molar-refractivity contribution is 0.415. The molecule has 0 aliphatic rings. The smallest absolute Gasteiger partial charge is 0.234 e. The average Bonchev–Trinajstić information content (AvgIpc) is 2.78. The maximum atomic E-state index is 10.4. The van der Waals surface area contributed by atoms with Crippen LogP contribution in [0.15, 0.2) is 36.5 Å². The first-order valence-electron chi connectivity index (χ1n) is 4.48. The lowest BCUT2D eigenvalue weighted by Gasteiger charge is -2.00. The van der Waals surface area contributed by atoms with Gasteiger partial charge in [-0.25, -0.2) is 4.68 Å². The van der Waals surface area contributed by atoms with Crippen LogP contribution in [0, 0.1) is 0 Å². The van der Waals surface area contributed by atoms with E-state index in [0.29, 0.717) is 6.41 Å². The van der Waals surface area contributed by atoms with Crippen LogP contribution in [0.1, 0.15) is 0 Å². The summed E-state index contributed by atoms with van der Waals surface area (Å²) in [4.78, 5) is 10.4. The van der Waals surface area contributed by atoms with Crippen molar-refractivity contribution >= 4 is 6.41 Å². The molecule has 0 atom stereocenters. The zero-order valence-corrected chi connectivity index (χ0v) is 8.25. The van der Waals surface area contributed by atoms with Crippen molar-refractivity contribution in [2.75, 3.05) is 7.11 Å². The minimum absolute atomic E-state index is 0.660. The highest BCUT2D eigenvalue weighted by molar-refractivity contribution is 5.61. The van der Waals surface area contributed by atoms with Crippen molar-refractivity contribution in [1.29, 1.82) is 0 Å². The molecule has 2 aromatic rings. The predicted molar refractivity (Wildman–Crippen MR) is 56.4 cm³/mol. The van der Waals surface area contributed by atoms with Gasteiger partial charge in [-0.05, 0) is 30.3 Å². The van der Waals surface area contributed by atoms with E-state index in [-0.39, 0.29) is 0 Å². The van der Waals surface area contributed by atoms with Crippen LogP contribution < -0.4 is 4.74 Å². The number of ether oxygens (including phenoxy) is 1. The minimum atomic E-state index is 0.660. The highest BCUT2D eigenvalue weighted by Crippen LogP contribution is 2.20. The normalized spacial score (nSPS) is 9.93. The van der Waals surface area contributed by atoms with Gasteiger partial charge in [-0.2, -0.15) is 5.10 Å². The molecule has 4 heteroatoms. The Morgan fingerprint density at radius 3 is 2.53 bits per heavy atom. The molecule has 0 amide bonds. The Balaban J connectivity index is 2.32. The van der Waals surface area contributed by atoms with Crippen molar-refractivity contribution in [3.05, 3.63) is 36.5 Å². The first-order valence-corrected chi connectivity index (χ1v) is 4.48. The number of hydrogen-bond acceptors (Lipinski definition) is 3. The summed E-state index contributed by atoms with van der Waals surface area (Å²) in [5, 5.41) is 4.06. The highest BCUT2D eigenvalue weighted by Gasteiger charge is 2.01. The van der Waals surface area contributed by atoms with Gasteiger partial charge in [0.1, 0.15) is 5.75 Å². The van der Waals surface area contributed by atoms with Crippen LogP contribution >= 0.6 is 0 Å². The first-order chi connectivity index (χ1) is 7.33. The molecule has 1 aromatic heterocycles. The molecule has 0 unspecified atom stereocenters. The molecule has 0 fully saturated rings. The lowest BCUT2D eigenvalue weighted by Crippen LogP contribution is -1.94. The van der Waals surface area contributed by atoms with Gasteiger partial charge in [0.15, 0.2) is 0 Å². The fourth-order valence-corrected chi connectivity index (χ4v) is 1.31. The third-order valence-electron chi connectivity index (χ3n) is 2.10. The largest absolute Gasteiger partial charge is 0.497 e. The fraction of sp³-hybridized carbons (Fsp3) is 0.0909. The number of rotatable bonds is 3. The van der Waals surface area contributed by atoms with E-state index in [4.69, 9.17) is 4.74 Å². The number of carbonyl (C=O) groups is 1. The quantitative estimate of drug-likeness (QED) is 0.710. The van der Waals surface area contributed by atoms with Crippen molar-refractivity contribution in [2.45, 2.75) is 0 Å². The molecule has 0 aliphatic carbocycles. The Morgan fingerprint density at radius 2 is 2.00 bits per heavy atom. The van der Waals surface area contributed by atoms with E-state index in [2.05, 4.69) is 5.10 Å². The second kappa shape index (κ2) is 3.96. The summed E-state index contributed by atoms with van der Waals surface area (Å²) < 4.78 is 6.29. The van der Waals surface area contributed by atoms with E-state index >= 15 is 0 Å². The molecule has 4 nitrogen and oxygen atoms in total. The van der Waals surface area contributed by atoms with Crippen LogP contribution in [0.2, 0.25) is 0 Å². The van der Waals surface area contributed by atoms with Crippen LogP contribution in [-0.4, -0.2) is 23.3 Å². The van der Waals surface area contributed by atoms with Gasteiger partial charge in [-0.15, -0.1) is 0 Å². The van der Waals surface area contributed by atoms with Crippen molar-refractivity contribution in [3.63, 3.8) is 0 Å². The Bertz CT molecular complexity index is 460. The zero-order chi connectivity index (χ0) is 10.7. The minimum Gasteiger partial charge on any atom is -0.497 e. The third kappa shape index (κ3) is 1.88. The average molecular weight is 202 g/mol. The van der Waals surface area contributed by atoms with Gasteiger partial charge in [0.25, 0.3) is 0 Å². The van der Waals surface area contributed by atoms with E-state index in [1.807, 2.05) is 24.3 Å². The highest BCUT2D eigenvalue weighted by atomic mass is 16.5. The van der Waals surface area contributed by atoms with Crippen molar-refractivity contribution in [2.24, 2.45) is 0 Å². The molecule has 2 rings (SSSR count). The van der Waals surface area contributed by atoms with E-state index in [1.54, 1.807) is 19.4 Å². The van der Waals surface area contributed by atoms with Gasteiger partial charge < -0.3 is 4.74 Å². The van der Waals surface area contributed by atoms with Crippen molar-refractivity contribution in [1.82, 2.24) is 9.78 Å². The Kier molecular flexibility index (Phi) is 2.49. The van der Waals surface area contributed by atoms with Gasteiger partial charge in [0, 0.05) is 11.8 Å². The van der Waals surface area contributed by atoms with Gasteiger partial charge in [0.05, 0.1) is 12.8 Å². The van der Waals surface area contributed by atoms with E-state index < -0.39 is 0 Å². The number of carbonyl (C=O) groups excluding carboxylic acids is 1. The van der Waals surface area contributed by atoms with Gasteiger partial charge in [0.2, 0.25) is 6.41 Å². The second-order valence-corrected chi connectivity index (χ2v) is 3.01. The number of aromatic nitrogens is 2. The molecule has 0 radical (unpaired) electrons. The number of nitrogens with zero attached hydrogens (tertiary/aromatic N) is 2. The molecule has 0 bridgehead atoms. The molecule has 0 saturated carbocycles. The summed E-state index contributed by atoms with van der Waals surface area (Å²) in [6, 6.07) is 9.30. The molecule has 1 aromatic carbocycles. The summed E-state index contributed by atoms with van der Waals surface area (Å²) in [6.45, 7) is 0. The van der Waals surface area contributed by atoms with E-state index in [9.17, 15) is 4.79 Å².